The maximum Gasteiger partial charge on any atom is 0.254 e. The number of halogens is 1. The standard InChI is InChI=1S/C14H15BrN2O2/c1-17(9-12-5-3-7-16-12)14(18)11-4-2-6-13(8-11)19-10-15/h2-8,16H,9-10H2,1H3. The fraction of sp³-hybridized carbons (Fsp3) is 0.214. The van der Waals surface area contributed by atoms with Crippen LogP contribution in [0.4, 0.5) is 0 Å². The molecule has 0 aliphatic heterocycles. The van der Waals surface area contributed by atoms with Crippen molar-refractivity contribution in [3.05, 3.63) is 53.9 Å². The number of nitrogens with zero attached hydrogens (tertiary/aromatic N) is 1. The molecular formula is C14H15BrN2O2. The van der Waals surface area contributed by atoms with Crippen LogP contribution in [0.2, 0.25) is 0 Å². The lowest BCUT2D eigenvalue weighted by Gasteiger charge is -2.16. The Morgan fingerprint density at radius 1 is 1.37 bits per heavy atom. The van der Waals surface area contributed by atoms with E-state index in [-0.39, 0.29) is 5.91 Å². The van der Waals surface area contributed by atoms with Crippen LogP contribution in [0.5, 0.6) is 5.75 Å². The number of H-pyrrole nitrogens is 1. The highest BCUT2D eigenvalue weighted by Gasteiger charge is 2.13. The van der Waals surface area contributed by atoms with Crippen molar-refractivity contribution in [1.82, 2.24) is 9.88 Å². The van der Waals surface area contributed by atoms with Crippen LogP contribution >= 0.6 is 15.9 Å². The van der Waals surface area contributed by atoms with Crippen LogP contribution in [0.15, 0.2) is 42.6 Å². The number of carbonyl (C=O) groups excluding carboxylic acids is 1. The summed E-state index contributed by atoms with van der Waals surface area (Å²) < 4.78 is 5.32. The third-order valence-corrected chi connectivity index (χ3v) is 2.95. The lowest BCUT2D eigenvalue weighted by molar-refractivity contribution is 0.0783. The first-order valence-electron chi connectivity index (χ1n) is 5.87. The van der Waals surface area contributed by atoms with E-state index in [0.717, 1.165) is 5.69 Å². The Morgan fingerprint density at radius 3 is 2.89 bits per heavy atom. The lowest BCUT2D eigenvalue weighted by Crippen LogP contribution is -2.26. The van der Waals surface area contributed by atoms with Gasteiger partial charge in [0, 0.05) is 24.5 Å². The number of benzene rings is 1. The molecule has 0 radical (unpaired) electrons. The van der Waals surface area contributed by atoms with E-state index in [1.165, 1.54) is 0 Å². The van der Waals surface area contributed by atoms with Gasteiger partial charge >= 0.3 is 0 Å². The molecule has 1 N–H and O–H groups in total. The number of hydrogen-bond donors (Lipinski definition) is 1. The van der Waals surface area contributed by atoms with Gasteiger partial charge in [-0.15, -0.1) is 0 Å². The van der Waals surface area contributed by atoms with E-state index in [1.54, 1.807) is 24.1 Å². The van der Waals surface area contributed by atoms with E-state index in [9.17, 15) is 4.79 Å². The Kier molecular flexibility index (Phi) is 4.63. The van der Waals surface area contributed by atoms with Gasteiger partial charge in [-0.1, -0.05) is 6.07 Å². The molecule has 1 aromatic carbocycles. The van der Waals surface area contributed by atoms with Gasteiger partial charge in [0.1, 0.15) is 11.3 Å². The minimum Gasteiger partial charge on any atom is -0.482 e. The van der Waals surface area contributed by atoms with Crippen LogP contribution in [0.3, 0.4) is 0 Å². The molecule has 0 fully saturated rings. The average Bonchev–Trinajstić information content (AvgIpc) is 2.91. The smallest absolute Gasteiger partial charge is 0.254 e. The maximum absolute atomic E-state index is 12.3. The second-order valence-corrected chi connectivity index (χ2v) is 4.60. The molecule has 1 aromatic heterocycles. The molecule has 19 heavy (non-hydrogen) atoms. The second-order valence-electron chi connectivity index (χ2n) is 4.14. The highest BCUT2D eigenvalue weighted by Crippen LogP contribution is 2.16. The minimum atomic E-state index is -0.0328. The lowest BCUT2D eigenvalue weighted by atomic mass is 10.2. The van der Waals surface area contributed by atoms with Crippen molar-refractivity contribution >= 4 is 21.8 Å². The number of ether oxygens (including phenoxy) is 1. The van der Waals surface area contributed by atoms with Gasteiger partial charge in [0.15, 0.2) is 0 Å². The van der Waals surface area contributed by atoms with Crippen molar-refractivity contribution in [1.29, 1.82) is 0 Å². The van der Waals surface area contributed by atoms with Crippen LogP contribution in [0.1, 0.15) is 16.1 Å². The third kappa shape index (κ3) is 3.61. The summed E-state index contributed by atoms with van der Waals surface area (Å²) in [5.41, 5.74) is 2.03. The summed E-state index contributed by atoms with van der Waals surface area (Å²) in [6.07, 6.45) is 1.85. The number of aromatic nitrogens is 1. The van der Waals surface area contributed by atoms with Crippen LogP contribution in [0.25, 0.3) is 0 Å². The average molecular weight is 323 g/mol. The fourth-order valence-corrected chi connectivity index (χ4v) is 2.06. The molecule has 2 rings (SSSR count). The Morgan fingerprint density at radius 2 is 2.21 bits per heavy atom. The van der Waals surface area contributed by atoms with E-state index in [2.05, 4.69) is 20.9 Å². The molecule has 4 nitrogen and oxygen atoms in total. The number of hydrogen-bond acceptors (Lipinski definition) is 2. The van der Waals surface area contributed by atoms with Crippen molar-refractivity contribution in [2.24, 2.45) is 0 Å². The zero-order chi connectivity index (χ0) is 13.7. The van der Waals surface area contributed by atoms with Gasteiger partial charge in [-0.3, -0.25) is 4.79 Å². The second kappa shape index (κ2) is 6.43. The summed E-state index contributed by atoms with van der Waals surface area (Å²) in [5.74, 6) is 0.644. The van der Waals surface area contributed by atoms with Crippen LogP contribution in [-0.2, 0) is 6.54 Å². The molecular weight excluding hydrogens is 308 g/mol. The van der Waals surface area contributed by atoms with Gasteiger partial charge in [0.2, 0.25) is 0 Å². The van der Waals surface area contributed by atoms with Crippen molar-refractivity contribution < 1.29 is 9.53 Å². The first-order chi connectivity index (χ1) is 9.20. The van der Waals surface area contributed by atoms with Crippen molar-refractivity contribution in [3.8, 4) is 5.75 Å². The van der Waals surface area contributed by atoms with E-state index in [4.69, 9.17) is 4.74 Å². The van der Waals surface area contributed by atoms with Gasteiger partial charge in [-0.05, 0) is 46.3 Å². The highest BCUT2D eigenvalue weighted by atomic mass is 79.9. The van der Waals surface area contributed by atoms with E-state index in [0.29, 0.717) is 23.4 Å². The minimum absolute atomic E-state index is 0.0328. The third-order valence-electron chi connectivity index (χ3n) is 2.72. The molecule has 100 valence electrons. The number of nitrogens with one attached hydrogen (secondary N) is 1. The number of aromatic amines is 1. The van der Waals surface area contributed by atoms with Crippen LogP contribution in [0, 0.1) is 0 Å². The van der Waals surface area contributed by atoms with E-state index >= 15 is 0 Å². The summed E-state index contributed by atoms with van der Waals surface area (Å²) in [7, 11) is 1.78. The maximum atomic E-state index is 12.3. The fourth-order valence-electron chi connectivity index (χ4n) is 1.80. The van der Waals surface area contributed by atoms with Gasteiger partial charge in [0.25, 0.3) is 5.91 Å². The predicted molar refractivity (Wildman–Crippen MR) is 77.5 cm³/mol. The number of alkyl halides is 1. The molecule has 0 saturated heterocycles. The van der Waals surface area contributed by atoms with Crippen LogP contribution < -0.4 is 4.74 Å². The van der Waals surface area contributed by atoms with Crippen LogP contribution in [-0.4, -0.2) is 28.4 Å². The number of rotatable bonds is 5. The molecule has 0 aliphatic carbocycles. The Labute approximate surface area is 120 Å². The van der Waals surface area contributed by atoms with Gasteiger partial charge in [-0.25, -0.2) is 0 Å². The van der Waals surface area contributed by atoms with Gasteiger partial charge < -0.3 is 14.6 Å². The summed E-state index contributed by atoms with van der Waals surface area (Å²) >= 11 is 3.19. The summed E-state index contributed by atoms with van der Waals surface area (Å²) in [6.45, 7) is 0.551. The molecule has 1 amide bonds. The summed E-state index contributed by atoms with van der Waals surface area (Å²) in [6, 6.07) is 11.0. The molecule has 2 aromatic rings. The zero-order valence-corrected chi connectivity index (χ0v) is 12.2. The van der Waals surface area contributed by atoms with E-state index < -0.39 is 0 Å². The summed E-state index contributed by atoms with van der Waals surface area (Å²) in [5, 5.41) is 0. The first-order valence-corrected chi connectivity index (χ1v) is 6.99. The molecule has 0 aliphatic rings. The predicted octanol–water partition coefficient (Wildman–Crippen LogP) is 3.02. The van der Waals surface area contributed by atoms with Crippen molar-refractivity contribution in [3.63, 3.8) is 0 Å². The zero-order valence-electron chi connectivity index (χ0n) is 10.6. The first kappa shape index (κ1) is 13.7. The Balaban J connectivity index is 2.08. The van der Waals surface area contributed by atoms with Crippen molar-refractivity contribution in [2.45, 2.75) is 6.54 Å². The number of carbonyl (C=O) groups is 1. The Hall–Kier alpha value is -1.75. The van der Waals surface area contributed by atoms with E-state index in [1.807, 2.05) is 30.5 Å². The molecule has 1 heterocycles. The molecule has 0 bridgehead atoms. The topological polar surface area (TPSA) is 45.3 Å². The molecule has 0 unspecified atom stereocenters. The molecule has 0 atom stereocenters. The Bertz CT molecular complexity index is 540. The molecule has 0 spiro atoms. The van der Waals surface area contributed by atoms with Gasteiger partial charge in [-0.2, -0.15) is 0 Å². The summed E-state index contributed by atoms with van der Waals surface area (Å²) in [4.78, 5) is 17.0. The quantitative estimate of drug-likeness (QED) is 0.860. The molecule has 5 heteroatoms. The normalized spacial score (nSPS) is 10.2. The van der Waals surface area contributed by atoms with Gasteiger partial charge in [0.05, 0.1) is 6.54 Å². The number of amides is 1. The monoisotopic (exact) mass is 322 g/mol. The largest absolute Gasteiger partial charge is 0.482 e. The highest BCUT2D eigenvalue weighted by molar-refractivity contribution is 9.09. The molecule has 0 saturated carbocycles. The van der Waals surface area contributed by atoms with Crippen molar-refractivity contribution in [2.75, 3.05) is 12.6 Å². The SMILES string of the molecule is CN(Cc1ccc[nH]1)C(=O)c1cccc(OCBr)c1.